The van der Waals surface area contributed by atoms with E-state index in [0.717, 1.165) is 38.0 Å². The number of carbonyl (C=O) groups excluding carboxylic acids is 1. The topological polar surface area (TPSA) is 23.6 Å². The summed E-state index contributed by atoms with van der Waals surface area (Å²) < 4.78 is 13.9. The number of benzene rings is 2. The molecule has 4 rings (SSSR count). The lowest BCUT2D eigenvalue weighted by atomic mass is 9.96. The van der Waals surface area contributed by atoms with Crippen molar-refractivity contribution < 1.29 is 9.18 Å². The number of piperidine rings is 1. The van der Waals surface area contributed by atoms with Crippen LogP contribution in [0.1, 0.15) is 24.0 Å². The van der Waals surface area contributed by atoms with Crippen LogP contribution in [0.15, 0.2) is 48.5 Å². The van der Waals surface area contributed by atoms with Crippen LogP contribution in [0.4, 0.5) is 10.1 Å². The van der Waals surface area contributed by atoms with Gasteiger partial charge >= 0.3 is 0 Å². The maximum absolute atomic E-state index is 13.9. The number of rotatable bonds is 3. The summed E-state index contributed by atoms with van der Waals surface area (Å²) in [5.74, 6) is 0.0688. The van der Waals surface area contributed by atoms with Gasteiger partial charge in [0.05, 0.1) is 5.92 Å². The van der Waals surface area contributed by atoms with E-state index in [2.05, 4.69) is 11.0 Å². The van der Waals surface area contributed by atoms with Crippen molar-refractivity contribution in [2.45, 2.75) is 25.8 Å². The zero-order valence-electron chi connectivity index (χ0n) is 14.3. The largest absolute Gasteiger partial charge is 0.312 e. The maximum atomic E-state index is 13.9. The van der Waals surface area contributed by atoms with Crippen molar-refractivity contribution >= 4 is 11.6 Å². The number of amides is 1. The van der Waals surface area contributed by atoms with E-state index in [0.29, 0.717) is 18.7 Å². The van der Waals surface area contributed by atoms with E-state index in [4.69, 9.17) is 0 Å². The van der Waals surface area contributed by atoms with Gasteiger partial charge in [0.15, 0.2) is 0 Å². The van der Waals surface area contributed by atoms with E-state index < -0.39 is 0 Å². The normalized spacial score (nSPS) is 20.5. The Morgan fingerprint density at radius 2 is 1.88 bits per heavy atom. The molecule has 2 aliphatic rings. The fourth-order valence-corrected chi connectivity index (χ4v) is 4.06. The molecule has 1 saturated heterocycles. The second-order valence-electron chi connectivity index (χ2n) is 7.03. The average Bonchev–Trinajstić information content (AvgIpc) is 3.07. The van der Waals surface area contributed by atoms with Crippen molar-refractivity contribution in [3.8, 4) is 0 Å². The Balaban J connectivity index is 1.45. The number of anilines is 1. The second kappa shape index (κ2) is 6.96. The fraction of sp³-hybridized carbons (Fsp3) is 0.381. The molecule has 4 heteroatoms. The molecule has 0 aromatic heterocycles. The molecule has 0 spiro atoms. The molecule has 2 aromatic carbocycles. The maximum Gasteiger partial charge on any atom is 0.231 e. The molecule has 2 aromatic rings. The molecule has 0 bridgehead atoms. The van der Waals surface area contributed by atoms with Crippen molar-refractivity contribution in [2.24, 2.45) is 5.92 Å². The minimum absolute atomic E-state index is 0.00618. The summed E-state index contributed by atoms with van der Waals surface area (Å²) in [6.45, 7) is 3.00. The quantitative estimate of drug-likeness (QED) is 0.853. The van der Waals surface area contributed by atoms with Crippen LogP contribution in [0.25, 0.3) is 0 Å². The minimum atomic E-state index is -0.163. The number of halogens is 1. The number of likely N-dealkylation sites (tertiary alicyclic amines) is 1. The number of hydrogen-bond donors (Lipinski definition) is 0. The Hall–Kier alpha value is -2.20. The van der Waals surface area contributed by atoms with Gasteiger partial charge in [-0.15, -0.1) is 0 Å². The molecule has 2 heterocycles. The van der Waals surface area contributed by atoms with E-state index in [1.54, 1.807) is 6.07 Å². The Morgan fingerprint density at radius 1 is 1.08 bits per heavy atom. The molecular formula is C21H23FN2O. The summed E-state index contributed by atoms with van der Waals surface area (Å²) in [5, 5.41) is 0. The summed E-state index contributed by atoms with van der Waals surface area (Å²) in [7, 11) is 0. The number of nitrogens with zero attached hydrogens (tertiary/aromatic N) is 2. The molecule has 0 radical (unpaired) electrons. The van der Waals surface area contributed by atoms with Crippen LogP contribution in [0.2, 0.25) is 0 Å². The van der Waals surface area contributed by atoms with Crippen molar-refractivity contribution in [3.63, 3.8) is 0 Å². The summed E-state index contributed by atoms with van der Waals surface area (Å²) in [4.78, 5) is 17.2. The van der Waals surface area contributed by atoms with Gasteiger partial charge < -0.3 is 4.90 Å². The number of carbonyl (C=O) groups is 1. The third-order valence-corrected chi connectivity index (χ3v) is 5.36. The third kappa shape index (κ3) is 3.31. The summed E-state index contributed by atoms with van der Waals surface area (Å²) in [6.07, 6.45) is 2.85. The molecule has 1 fully saturated rings. The molecule has 25 heavy (non-hydrogen) atoms. The SMILES string of the molecule is O=C(C1CCCN(Cc2ccccc2F)C1)N1CCc2ccccc21. The Morgan fingerprint density at radius 3 is 2.76 bits per heavy atom. The van der Waals surface area contributed by atoms with Crippen LogP contribution in [0.3, 0.4) is 0 Å². The van der Waals surface area contributed by atoms with Crippen LogP contribution in [0.5, 0.6) is 0 Å². The standard InChI is InChI=1S/C21H23FN2O/c22-19-9-3-1-7-17(19)14-23-12-5-8-18(15-23)21(25)24-13-11-16-6-2-4-10-20(16)24/h1-4,6-7,9-10,18H,5,8,11-15H2. The first-order valence-corrected chi connectivity index (χ1v) is 9.07. The first kappa shape index (κ1) is 16.3. The summed E-state index contributed by atoms with van der Waals surface area (Å²) >= 11 is 0. The van der Waals surface area contributed by atoms with Gasteiger partial charge in [0.2, 0.25) is 5.91 Å². The fourth-order valence-electron chi connectivity index (χ4n) is 4.06. The Labute approximate surface area is 148 Å². The van der Waals surface area contributed by atoms with Crippen molar-refractivity contribution in [1.82, 2.24) is 4.90 Å². The molecule has 0 aliphatic carbocycles. The van der Waals surface area contributed by atoms with E-state index >= 15 is 0 Å². The van der Waals surface area contributed by atoms with E-state index in [1.807, 2.05) is 35.2 Å². The smallest absolute Gasteiger partial charge is 0.231 e. The molecule has 0 saturated carbocycles. The molecule has 1 atom stereocenters. The zero-order valence-corrected chi connectivity index (χ0v) is 14.3. The highest BCUT2D eigenvalue weighted by molar-refractivity contribution is 5.97. The molecular weight excluding hydrogens is 315 g/mol. The third-order valence-electron chi connectivity index (χ3n) is 5.36. The van der Waals surface area contributed by atoms with Gasteiger partial charge in [0.1, 0.15) is 5.82 Å². The predicted octanol–water partition coefficient (Wildman–Crippen LogP) is 3.63. The van der Waals surface area contributed by atoms with Crippen LogP contribution in [-0.4, -0.2) is 30.4 Å². The van der Waals surface area contributed by atoms with Gasteiger partial charge in [-0.3, -0.25) is 9.69 Å². The molecule has 3 nitrogen and oxygen atoms in total. The first-order valence-electron chi connectivity index (χ1n) is 9.07. The highest BCUT2D eigenvalue weighted by atomic mass is 19.1. The lowest BCUT2D eigenvalue weighted by Gasteiger charge is -2.34. The first-order chi connectivity index (χ1) is 12.2. The molecule has 1 unspecified atom stereocenters. The molecule has 0 N–H and O–H groups in total. The summed E-state index contributed by atoms with van der Waals surface area (Å²) in [6, 6.07) is 15.1. The molecule has 2 aliphatic heterocycles. The van der Waals surface area contributed by atoms with Gasteiger partial charge in [-0.05, 0) is 43.5 Å². The highest BCUT2D eigenvalue weighted by Gasteiger charge is 2.32. The lowest BCUT2D eigenvalue weighted by Crippen LogP contribution is -2.44. The lowest BCUT2D eigenvalue weighted by molar-refractivity contribution is -0.124. The zero-order chi connectivity index (χ0) is 17.2. The van der Waals surface area contributed by atoms with E-state index in [1.165, 1.54) is 11.6 Å². The van der Waals surface area contributed by atoms with Gasteiger partial charge in [0, 0.05) is 30.9 Å². The number of hydrogen-bond acceptors (Lipinski definition) is 2. The van der Waals surface area contributed by atoms with Crippen molar-refractivity contribution in [3.05, 3.63) is 65.5 Å². The monoisotopic (exact) mass is 338 g/mol. The van der Waals surface area contributed by atoms with E-state index in [-0.39, 0.29) is 17.6 Å². The molecule has 1 amide bonds. The van der Waals surface area contributed by atoms with Crippen molar-refractivity contribution in [2.75, 3.05) is 24.5 Å². The summed E-state index contributed by atoms with van der Waals surface area (Å²) in [5.41, 5.74) is 3.04. The Kier molecular flexibility index (Phi) is 4.53. The van der Waals surface area contributed by atoms with Gasteiger partial charge in [-0.2, -0.15) is 0 Å². The highest BCUT2D eigenvalue weighted by Crippen LogP contribution is 2.31. The van der Waals surface area contributed by atoms with Gasteiger partial charge in [-0.1, -0.05) is 36.4 Å². The average molecular weight is 338 g/mol. The van der Waals surface area contributed by atoms with Crippen LogP contribution in [0, 0.1) is 11.7 Å². The van der Waals surface area contributed by atoms with Gasteiger partial charge in [0.25, 0.3) is 0 Å². The second-order valence-corrected chi connectivity index (χ2v) is 7.03. The van der Waals surface area contributed by atoms with Crippen LogP contribution < -0.4 is 4.90 Å². The minimum Gasteiger partial charge on any atom is -0.312 e. The predicted molar refractivity (Wildman–Crippen MR) is 96.9 cm³/mol. The number of fused-ring (bicyclic) bond motifs is 1. The number of para-hydroxylation sites is 1. The van der Waals surface area contributed by atoms with Crippen LogP contribution in [-0.2, 0) is 17.8 Å². The van der Waals surface area contributed by atoms with Gasteiger partial charge in [-0.25, -0.2) is 4.39 Å². The van der Waals surface area contributed by atoms with Crippen LogP contribution >= 0.6 is 0 Å². The van der Waals surface area contributed by atoms with Crippen molar-refractivity contribution in [1.29, 1.82) is 0 Å². The van der Waals surface area contributed by atoms with E-state index in [9.17, 15) is 9.18 Å². The Bertz CT molecular complexity index is 776. The molecule has 130 valence electrons.